The van der Waals surface area contributed by atoms with Crippen LogP contribution in [0.1, 0.15) is 10.5 Å². The number of carbonyl (C=O) groups excluding carboxylic acids is 1. The minimum absolute atomic E-state index is 0.237. The van der Waals surface area contributed by atoms with Crippen LogP contribution in [-0.2, 0) is 0 Å². The molecule has 0 aliphatic carbocycles. The lowest BCUT2D eigenvalue weighted by Crippen LogP contribution is -2.13. The summed E-state index contributed by atoms with van der Waals surface area (Å²) in [5.74, 6) is -0.237. The molecule has 0 aliphatic rings. The molecule has 0 saturated carbocycles. The lowest BCUT2D eigenvalue weighted by Gasteiger charge is -2.06. The minimum atomic E-state index is -0.237. The van der Waals surface area contributed by atoms with Crippen molar-refractivity contribution in [3.05, 3.63) is 64.3 Å². The number of anilines is 1. The van der Waals surface area contributed by atoms with E-state index >= 15 is 0 Å². The van der Waals surface area contributed by atoms with E-state index in [1.54, 1.807) is 35.9 Å². The van der Waals surface area contributed by atoms with Crippen LogP contribution in [-0.4, -0.2) is 15.9 Å². The van der Waals surface area contributed by atoms with Gasteiger partial charge in [-0.1, -0.05) is 12.1 Å². The smallest absolute Gasteiger partial charge is 0.274 e. The Morgan fingerprint density at radius 1 is 1.19 bits per heavy atom. The van der Waals surface area contributed by atoms with Crippen molar-refractivity contribution >= 4 is 38.9 Å². The van der Waals surface area contributed by atoms with Crippen molar-refractivity contribution in [2.24, 2.45) is 0 Å². The zero-order valence-electron chi connectivity index (χ0n) is 10.8. The molecule has 2 heterocycles. The van der Waals surface area contributed by atoms with E-state index in [1.165, 1.54) is 0 Å². The van der Waals surface area contributed by atoms with Gasteiger partial charge in [-0.2, -0.15) is 0 Å². The van der Waals surface area contributed by atoms with Crippen molar-refractivity contribution in [3.63, 3.8) is 0 Å². The van der Waals surface area contributed by atoms with E-state index < -0.39 is 0 Å². The first kappa shape index (κ1) is 13.9. The van der Waals surface area contributed by atoms with Gasteiger partial charge >= 0.3 is 0 Å². The van der Waals surface area contributed by atoms with Gasteiger partial charge in [0.25, 0.3) is 5.91 Å². The molecule has 1 N–H and O–H groups in total. The maximum atomic E-state index is 12.1. The van der Waals surface area contributed by atoms with Gasteiger partial charge in [-0.25, -0.2) is 9.97 Å². The van der Waals surface area contributed by atoms with Crippen LogP contribution in [0.25, 0.3) is 10.6 Å². The predicted molar refractivity (Wildman–Crippen MR) is 87.4 cm³/mol. The standard InChI is InChI=1S/C15H10BrN3OS/c16-11-4-5-13(18-9-11)14(20)19-12-3-1-2-10(8-12)15-17-6-7-21-15/h1-9H,(H,19,20). The third-order valence-corrected chi connectivity index (χ3v) is 4.05. The average Bonchev–Trinajstić information content (AvgIpc) is 3.02. The van der Waals surface area contributed by atoms with Gasteiger partial charge in [-0.3, -0.25) is 4.79 Å². The second kappa shape index (κ2) is 6.15. The van der Waals surface area contributed by atoms with Gasteiger partial charge in [0.05, 0.1) is 0 Å². The molecule has 104 valence electrons. The van der Waals surface area contributed by atoms with Crippen molar-refractivity contribution in [1.82, 2.24) is 9.97 Å². The Balaban J connectivity index is 1.80. The molecule has 2 aromatic heterocycles. The van der Waals surface area contributed by atoms with Crippen LogP contribution in [0.5, 0.6) is 0 Å². The Kier molecular flexibility index (Phi) is 4.08. The summed E-state index contributed by atoms with van der Waals surface area (Å²) in [6.07, 6.45) is 3.36. The highest BCUT2D eigenvalue weighted by atomic mass is 79.9. The molecule has 6 heteroatoms. The summed E-state index contributed by atoms with van der Waals surface area (Å²) in [5, 5.41) is 5.69. The van der Waals surface area contributed by atoms with E-state index in [9.17, 15) is 4.79 Å². The number of amides is 1. The fraction of sp³-hybridized carbons (Fsp3) is 0. The summed E-state index contributed by atoms with van der Waals surface area (Å²) in [6.45, 7) is 0. The number of pyridine rings is 1. The Bertz CT molecular complexity index is 757. The number of nitrogens with one attached hydrogen (secondary N) is 1. The van der Waals surface area contributed by atoms with Crippen molar-refractivity contribution < 1.29 is 4.79 Å². The van der Waals surface area contributed by atoms with Gasteiger partial charge in [0.15, 0.2) is 0 Å². The molecule has 4 nitrogen and oxygen atoms in total. The van der Waals surface area contributed by atoms with E-state index in [1.807, 2.05) is 29.6 Å². The Hall–Kier alpha value is -2.05. The zero-order chi connectivity index (χ0) is 14.7. The van der Waals surface area contributed by atoms with Crippen LogP contribution >= 0.6 is 27.3 Å². The first-order chi connectivity index (χ1) is 10.2. The topological polar surface area (TPSA) is 54.9 Å². The lowest BCUT2D eigenvalue weighted by atomic mass is 10.2. The fourth-order valence-corrected chi connectivity index (χ4v) is 2.67. The van der Waals surface area contributed by atoms with Gasteiger partial charge in [-0.15, -0.1) is 11.3 Å². The number of carbonyl (C=O) groups is 1. The third-order valence-electron chi connectivity index (χ3n) is 2.76. The number of aromatic nitrogens is 2. The van der Waals surface area contributed by atoms with Crippen LogP contribution in [0.15, 0.2) is 58.6 Å². The minimum Gasteiger partial charge on any atom is -0.321 e. The Morgan fingerprint density at radius 2 is 2.10 bits per heavy atom. The first-order valence-corrected chi connectivity index (χ1v) is 7.82. The molecule has 1 amide bonds. The van der Waals surface area contributed by atoms with E-state index in [-0.39, 0.29) is 5.91 Å². The second-order valence-electron chi connectivity index (χ2n) is 4.23. The highest BCUT2D eigenvalue weighted by Gasteiger charge is 2.08. The number of benzene rings is 1. The van der Waals surface area contributed by atoms with Crippen molar-refractivity contribution in [2.75, 3.05) is 5.32 Å². The Morgan fingerprint density at radius 3 is 2.81 bits per heavy atom. The SMILES string of the molecule is O=C(Nc1cccc(-c2nccs2)c1)c1ccc(Br)cn1. The summed E-state index contributed by atoms with van der Waals surface area (Å²) in [5.41, 5.74) is 2.07. The van der Waals surface area contributed by atoms with Crippen LogP contribution in [0.3, 0.4) is 0 Å². The van der Waals surface area contributed by atoms with Gasteiger partial charge < -0.3 is 5.32 Å². The largest absolute Gasteiger partial charge is 0.321 e. The molecule has 3 aromatic rings. The molecule has 3 rings (SSSR count). The molecular formula is C15H10BrN3OS. The third kappa shape index (κ3) is 3.34. The number of nitrogens with zero attached hydrogens (tertiary/aromatic N) is 2. The molecule has 1 aromatic carbocycles. The molecule has 0 saturated heterocycles. The molecule has 0 unspecified atom stereocenters. The number of thiazole rings is 1. The van der Waals surface area contributed by atoms with Gasteiger partial charge in [0.1, 0.15) is 10.7 Å². The van der Waals surface area contributed by atoms with E-state index in [0.717, 1.165) is 20.7 Å². The van der Waals surface area contributed by atoms with Crippen molar-refractivity contribution in [2.45, 2.75) is 0 Å². The van der Waals surface area contributed by atoms with E-state index in [2.05, 4.69) is 31.2 Å². The highest BCUT2D eigenvalue weighted by Crippen LogP contribution is 2.24. The van der Waals surface area contributed by atoms with Crippen LogP contribution in [0.4, 0.5) is 5.69 Å². The van der Waals surface area contributed by atoms with Crippen LogP contribution in [0.2, 0.25) is 0 Å². The average molecular weight is 360 g/mol. The summed E-state index contributed by atoms with van der Waals surface area (Å²) in [6, 6.07) is 11.1. The molecule has 0 spiro atoms. The maximum Gasteiger partial charge on any atom is 0.274 e. The molecule has 21 heavy (non-hydrogen) atoms. The Labute approximate surface area is 134 Å². The predicted octanol–water partition coefficient (Wildman–Crippen LogP) is 4.22. The number of halogens is 1. The van der Waals surface area contributed by atoms with Crippen molar-refractivity contribution in [1.29, 1.82) is 0 Å². The van der Waals surface area contributed by atoms with Crippen molar-refractivity contribution in [3.8, 4) is 10.6 Å². The summed E-state index contributed by atoms with van der Waals surface area (Å²) in [7, 11) is 0. The van der Waals surface area contributed by atoms with Crippen LogP contribution < -0.4 is 5.32 Å². The number of hydrogen-bond donors (Lipinski definition) is 1. The molecule has 0 fully saturated rings. The fourth-order valence-electron chi connectivity index (χ4n) is 1.80. The van der Waals surface area contributed by atoms with Gasteiger partial charge in [0, 0.05) is 33.5 Å². The normalized spacial score (nSPS) is 10.3. The number of rotatable bonds is 3. The molecule has 0 aliphatic heterocycles. The lowest BCUT2D eigenvalue weighted by molar-refractivity contribution is 0.102. The first-order valence-electron chi connectivity index (χ1n) is 6.15. The second-order valence-corrected chi connectivity index (χ2v) is 6.04. The summed E-state index contributed by atoms with van der Waals surface area (Å²) in [4.78, 5) is 20.5. The van der Waals surface area contributed by atoms with E-state index in [0.29, 0.717) is 5.69 Å². The molecule has 0 radical (unpaired) electrons. The summed E-state index contributed by atoms with van der Waals surface area (Å²) >= 11 is 4.85. The van der Waals surface area contributed by atoms with Gasteiger partial charge in [-0.05, 0) is 40.2 Å². The number of hydrogen-bond acceptors (Lipinski definition) is 4. The van der Waals surface area contributed by atoms with E-state index in [4.69, 9.17) is 0 Å². The molecule has 0 bridgehead atoms. The maximum absolute atomic E-state index is 12.1. The zero-order valence-corrected chi connectivity index (χ0v) is 13.2. The quantitative estimate of drug-likeness (QED) is 0.761. The molecular weight excluding hydrogens is 350 g/mol. The molecule has 0 atom stereocenters. The van der Waals surface area contributed by atoms with Crippen LogP contribution in [0, 0.1) is 0 Å². The van der Waals surface area contributed by atoms with Gasteiger partial charge in [0.2, 0.25) is 0 Å². The summed E-state index contributed by atoms with van der Waals surface area (Å²) < 4.78 is 0.838. The highest BCUT2D eigenvalue weighted by molar-refractivity contribution is 9.10. The monoisotopic (exact) mass is 359 g/mol.